The number of amides is 2. The number of rotatable bonds is 10. The van der Waals surface area contributed by atoms with Crippen molar-refractivity contribution in [2.45, 2.75) is 20.4 Å². The Morgan fingerprint density at radius 3 is 2.34 bits per heavy atom. The fourth-order valence-electron chi connectivity index (χ4n) is 4.03. The number of hydrogen-bond acceptors (Lipinski definition) is 5. The normalized spacial score (nSPS) is 10.7. The first-order valence-corrected chi connectivity index (χ1v) is 12.3. The van der Waals surface area contributed by atoms with Gasteiger partial charge in [0.05, 0.1) is 12.8 Å². The van der Waals surface area contributed by atoms with Crippen LogP contribution < -0.4 is 10.1 Å². The van der Waals surface area contributed by atoms with Crippen molar-refractivity contribution < 1.29 is 19.1 Å². The number of benzene rings is 3. The molecule has 3 aromatic carbocycles. The maximum atomic E-state index is 13.2. The summed E-state index contributed by atoms with van der Waals surface area (Å²) in [5.74, 6) is 0.475. The van der Waals surface area contributed by atoms with Gasteiger partial charge in [-0.15, -0.1) is 0 Å². The summed E-state index contributed by atoms with van der Waals surface area (Å²) < 4.78 is 12.2. The zero-order valence-electron chi connectivity index (χ0n) is 22.1. The SMILES string of the molecule is COCC(=O)N(CC(=O)Nc1nc(-c2ccc(OC)cc2)cn1-c1ccc(C)c(C)c1)Cc1ccccc1. The molecule has 0 atom stereocenters. The Bertz CT molecular complexity index is 1400. The van der Waals surface area contributed by atoms with E-state index in [1.165, 1.54) is 17.6 Å². The van der Waals surface area contributed by atoms with E-state index < -0.39 is 0 Å². The molecule has 1 N–H and O–H groups in total. The molecule has 8 heteroatoms. The summed E-state index contributed by atoms with van der Waals surface area (Å²) in [6, 6.07) is 23.2. The monoisotopic (exact) mass is 512 g/mol. The number of ether oxygens (including phenoxy) is 2. The number of aromatic nitrogens is 2. The Morgan fingerprint density at radius 1 is 0.947 bits per heavy atom. The summed E-state index contributed by atoms with van der Waals surface area (Å²) in [4.78, 5) is 32.2. The van der Waals surface area contributed by atoms with Crippen LogP contribution in [0.1, 0.15) is 16.7 Å². The fourth-order valence-corrected chi connectivity index (χ4v) is 4.03. The zero-order valence-corrected chi connectivity index (χ0v) is 22.1. The predicted molar refractivity (Wildman–Crippen MR) is 147 cm³/mol. The molecule has 8 nitrogen and oxygen atoms in total. The zero-order chi connectivity index (χ0) is 27.1. The van der Waals surface area contributed by atoms with E-state index >= 15 is 0 Å². The Hall–Kier alpha value is -4.43. The molecule has 4 rings (SSSR count). The largest absolute Gasteiger partial charge is 0.497 e. The van der Waals surface area contributed by atoms with E-state index in [2.05, 4.69) is 12.2 Å². The highest BCUT2D eigenvalue weighted by Gasteiger charge is 2.20. The Kier molecular flexibility index (Phi) is 8.55. The number of anilines is 1. The highest BCUT2D eigenvalue weighted by Crippen LogP contribution is 2.27. The van der Waals surface area contributed by atoms with Crippen LogP contribution in [0.5, 0.6) is 5.75 Å². The number of aryl methyl sites for hydroxylation is 2. The molecule has 4 aromatic rings. The predicted octanol–water partition coefficient (Wildman–Crippen LogP) is 4.78. The van der Waals surface area contributed by atoms with Crippen LogP contribution in [0.2, 0.25) is 0 Å². The van der Waals surface area contributed by atoms with Gasteiger partial charge >= 0.3 is 0 Å². The van der Waals surface area contributed by atoms with Gasteiger partial charge in [0, 0.05) is 31.1 Å². The van der Waals surface area contributed by atoms with Gasteiger partial charge < -0.3 is 14.4 Å². The van der Waals surface area contributed by atoms with Gasteiger partial charge in [-0.25, -0.2) is 4.98 Å². The first-order chi connectivity index (χ1) is 18.4. The maximum absolute atomic E-state index is 13.2. The van der Waals surface area contributed by atoms with Crippen molar-refractivity contribution in [1.29, 1.82) is 0 Å². The topological polar surface area (TPSA) is 85.7 Å². The highest BCUT2D eigenvalue weighted by atomic mass is 16.5. The first kappa shape index (κ1) is 26.6. The van der Waals surface area contributed by atoms with Crippen molar-refractivity contribution in [3.63, 3.8) is 0 Å². The first-order valence-electron chi connectivity index (χ1n) is 12.3. The Labute approximate surface area is 222 Å². The quantitative estimate of drug-likeness (QED) is 0.331. The molecular weight excluding hydrogens is 480 g/mol. The van der Waals surface area contributed by atoms with Gasteiger partial charge in [-0.1, -0.05) is 36.4 Å². The lowest BCUT2D eigenvalue weighted by molar-refractivity contribution is -0.138. The average Bonchev–Trinajstić information content (AvgIpc) is 3.34. The van der Waals surface area contributed by atoms with Crippen LogP contribution in [0.3, 0.4) is 0 Å². The molecule has 0 unspecified atom stereocenters. The van der Waals surface area contributed by atoms with Gasteiger partial charge in [0.2, 0.25) is 17.8 Å². The maximum Gasteiger partial charge on any atom is 0.249 e. The minimum atomic E-state index is -0.359. The summed E-state index contributed by atoms with van der Waals surface area (Å²) in [6.45, 7) is 4.13. The van der Waals surface area contributed by atoms with Crippen molar-refractivity contribution in [1.82, 2.24) is 14.5 Å². The van der Waals surface area contributed by atoms with E-state index in [1.807, 2.05) is 90.5 Å². The highest BCUT2D eigenvalue weighted by molar-refractivity contribution is 5.94. The van der Waals surface area contributed by atoms with E-state index in [-0.39, 0.29) is 25.0 Å². The number of nitrogens with zero attached hydrogens (tertiary/aromatic N) is 3. The van der Waals surface area contributed by atoms with Crippen LogP contribution in [0.15, 0.2) is 79.0 Å². The molecule has 1 aromatic heterocycles. The van der Waals surface area contributed by atoms with Gasteiger partial charge in [0.25, 0.3) is 0 Å². The van der Waals surface area contributed by atoms with E-state index in [9.17, 15) is 9.59 Å². The molecule has 0 aliphatic heterocycles. The summed E-state index contributed by atoms with van der Waals surface area (Å²) >= 11 is 0. The number of methoxy groups -OCH3 is 2. The van der Waals surface area contributed by atoms with Crippen LogP contribution in [0, 0.1) is 13.8 Å². The van der Waals surface area contributed by atoms with Crippen molar-refractivity contribution >= 4 is 17.8 Å². The van der Waals surface area contributed by atoms with Crippen molar-refractivity contribution in [3.8, 4) is 22.7 Å². The number of carbonyl (C=O) groups excluding carboxylic acids is 2. The second kappa shape index (κ2) is 12.2. The third-order valence-corrected chi connectivity index (χ3v) is 6.28. The van der Waals surface area contributed by atoms with E-state index in [0.29, 0.717) is 18.2 Å². The molecular formula is C30H32N4O4. The molecule has 0 spiro atoms. The Balaban J connectivity index is 1.63. The molecule has 0 saturated carbocycles. The van der Waals surface area contributed by atoms with E-state index in [0.717, 1.165) is 28.1 Å². The molecule has 38 heavy (non-hydrogen) atoms. The second-order valence-electron chi connectivity index (χ2n) is 9.03. The smallest absolute Gasteiger partial charge is 0.249 e. The standard InChI is InChI=1S/C30H32N4O4/c1-21-10-13-25(16-22(21)2)34-18-27(24-11-14-26(38-4)15-12-24)31-30(34)32-28(35)19-33(29(36)20-37-3)17-23-8-6-5-7-9-23/h5-16,18H,17,19-20H2,1-4H3,(H,31,32,35). The molecule has 2 amide bonds. The molecule has 196 valence electrons. The van der Waals surface area contributed by atoms with Gasteiger partial charge in [0.15, 0.2) is 0 Å². The second-order valence-corrected chi connectivity index (χ2v) is 9.03. The van der Waals surface area contributed by atoms with Crippen molar-refractivity contribution in [3.05, 3.63) is 95.7 Å². The summed E-state index contributed by atoms with van der Waals surface area (Å²) in [7, 11) is 3.08. The van der Waals surface area contributed by atoms with Gasteiger partial charge in [0.1, 0.15) is 18.9 Å². The van der Waals surface area contributed by atoms with E-state index in [4.69, 9.17) is 14.5 Å². The minimum Gasteiger partial charge on any atom is -0.497 e. The molecule has 0 aliphatic rings. The summed E-state index contributed by atoms with van der Waals surface area (Å²) in [5.41, 5.74) is 5.65. The summed E-state index contributed by atoms with van der Waals surface area (Å²) in [6.07, 6.45) is 1.89. The van der Waals surface area contributed by atoms with Crippen LogP contribution in [-0.2, 0) is 20.9 Å². The lowest BCUT2D eigenvalue weighted by atomic mass is 10.1. The number of hydrogen-bond donors (Lipinski definition) is 1. The van der Waals surface area contributed by atoms with Crippen LogP contribution in [0.4, 0.5) is 5.95 Å². The van der Waals surface area contributed by atoms with Gasteiger partial charge in [-0.2, -0.15) is 0 Å². The lowest BCUT2D eigenvalue weighted by Crippen LogP contribution is -2.39. The summed E-state index contributed by atoms with van der Waals surface area (Å²) in [5, 5.41) is 2.92. The third kappa shape index (κ3) is 6.46. The molecule has 0 fully saturated rings. The molecule has 0 radical (unpaired) electrons. The van der Waals surface area contributed by atoms with Crippen molar-refractivity contribution in [2.24, 2.45) is 0 Å². The average molecular weight is 513 g/mol. The van der Waals surface area contributed by atoms with Gasteiger partial charge in [-0.3, -0.25) is 19.5 Å². The van der Waals surface area contributed by atoms with E-state index in [1.54, 1.807) is 7.11 Å². The third-order valence-electron chi connectivity index (χ3n) is 6.28. The van der Waals surface area contributed by atoms with Crippen LogP contribution in [-0.4, -0.2) is 53.6 Å². The van der Waals surface area contributed by atoms with Gasteiger partial charge in [-0.05, 0) is 66.9 Å². The van der Waals surface area contributed by atoms with Crippen LogP contribution >= 0.6 is 0 Å². The molecule has 1 heterocycles. The number of carbonyl (C=O) groups is 2. The van der Waals surface area contributed by atoms with Crippen LogP contribution in [0.25, 0.3) is 16.9 Å². The lowest BCUT2D eigenvalue weighted by Gasteiger charge is -2.22. The number of imidazole rings is 1. The number of nitrogens with one attached hydrogen (secondary N) is 1. The Morgan fingerprint density at radius 2 is 1.68 bits per heavy atom. The van der Waals surface area contributed by atoms with Crippen molar-refractivity contribution in [2.75, 3.05) is 32.7 Å². The fraction of sp³-hybridized carbons (Fsp3) is 0.233. The molecule has 0 bridgehead atoms. The molecule has 0 saturated heterocycles. The minimum absolute atomic E-state index is 0.112. The molecule has 0 aliphatic carbocycles.